The van der Waals surface area contributed by atoms with Gasteiger partial charge in [0.05, 0.1) is 17.6 Å². The van der Waals surface area contributed by atoms with Gasteiger partial charge in [-0.3, -0.25) is 10.1 Å². The molecule has 1 N–H and O–H groups in total. The van der Waals surface area contributed by atoms with E-state index in [9.17, 15) is 14.9 Å². The lowest BCUT2D eigenvalue weighted by Crippen LogP contribution is -2.06. The highest BCUT2D eigenvalue weighted by atomic mass is 32.1. The third-order valence-electron chi connectivity index (χ3n) is 2.59. The molecule has 0 fully saturated rings. The van der Waals surface area contributed by atoms with Crippen molar-refractivity contribution in [3.05, 3.63) is 56.3 Å². The first-order valence-electron chi connectivity index (χ1n) is 5.75. The van der Waals surface area contributed by atoms with Crippen LogP contribution in [0, 0.1) is 10.1 Å². The van der Waals surface area contributed by atoms with E-state index in [-0.39, 0.29) is 23.6 Å². The van der Waals surface area contributed by atoms with Gasteiger partial charge in [-0.15, -0.1) is 11.3 Å². The zero-order chi connectivity index (χ0) is 14.5. The summed E-state index contributed by atoms with van der Waals surface area (Å²) in [6, 6.07) is 7.32. The van der Waals surface area contributed by atoms with Crippen molar-refractivity contribution in [3.8, 4) is 5.75 Å². The molecule has 1 aromatic heterocycles. The van der Waals surface area contributed by atoms with E-state index in [1.165, 1.54) is 6.07 Å². The third-order valence-corrected chi connectivity index (χ3v) is 3.53. The first kappa shape index (κ1) is 14.0. The van der Waals surface area contributed by atoms with Gasteiger partial charge in [-0.05, 0) is 17.5 Å². The van der Waals surface area contributed by atoms with Crippen LogP contribution in [-0.4, -0.2) is 22.6 Å². The summed E-state index contributed by atoms with van der Waals surface area (Å²) >= 11 is 1.57. The van der Waals surface area contributed by atoms with Crippen LogP contribution in [0.2, 0.25) is 0 Å². The highest BCUT2D eigenvalue weighted by Gasteiger charge is 2.16. The molecule has 2 aromatic rings. The number of nitrogens with zero attached hydrogens (tertiary/aromatic N) is 1. The summed E-state index contributed by atoms with van der Waals surface area (Å²) in [4.78, 5) is 22.3. The van der Waals surface area contributed by atoms with Crippen LogP contribution in [0.1, 0.15) is 15.2 Å². The fourth-order valence-electron chi connectivity index (χ4n) is 1.64. The van der Waals surface area contributed by atoms with E-state index < -0.39 is 10.9 Å². The minimum atomic E-state index is -1.17. The Labute approximate surface area is 118 Å². The number of carbonyl (C=O) groups is 1. The van der Waals surface area contributed by atoms with Gasteiger partial charge in [-0.1, -0.05) is 6.07 Å². The quantitative estimate of drug-likeness (QED) is 0.653. The van der Waals surface area contributed by atoms with Gasteiger partial charge < -0.3 is 9.84 Å². The number of aromatic carboxylic acids is 1. The Hall–Kier alpha value is -2.41. The summed E-state index contributed by atoms with van der Waals surface area (Å²) in [5.41, 5.74) is -0.275. The largest absolute Gasteiger partial charge is 0.492 e. The predicted octanol–water partition coefficient (Wildman–Crippen LogP) is 2.98. The lowest BCUT2D eigenvalue weighted by Gasteiger charge is -2.08. The number of hydrogen-bond donors (Lipinski definition) is 1. The summed E-state index contributed by atoms with van der Waals surface area (Å²) < 4.78 is 5.38. The second kappa shape index (κ2) is 6.16. The lowest BCUT2D eigenvalue weighted by atomic mass is 10.2. The summed E-state index contributed by atoms with van der Waals surface area (Å²) in [6.07, 6.45) is 0.624. The lowest BCUT2D eigenvalue weighted by molar-refractivity contribution is -0.384. The van der Waals surface area contributed by atoms with Crippen LogP contribution < -0.4 is 4.74 Å². The van der Waals surface area contributed by atoms with E-state index in [4.69, 9.17) is 9.84 Å². The fourth-order valence-corrected chi connectivity index (χ4v) is 2.33. The maximum atomic E-state index is 11.0. The van der Waals surface area contributed by atoms with Crippen molar-refractivity contribution in [2.45, 2.75) is 6.42 Å². The molecule has 0 atom stereocenters. The highest BCUT2D eigenvalue weighted by molar-refractivity contribution is 7.09. The molecule has 7 heteroatoms. The number of nitro groups is 1. The summed E-state index contributed by atoms with van der Waals surface area (Å²) in [5, 5.41) is 21.7. The molecular formula is C13H11NO5S. The molecule has 104 valence electrons. The number of carboxylic acid groups (broad SMARTS) is 1. The molecule has 0 saturated heterocycles. The first-order chi connectivity index (χ1) is 9.58. The van der Waals surface area contributed by atoms with Crippen LogP contribution in [0.3, 0.4) is 0 Å². The molecule has 1 heterocycles. The average molecular weight is 293 g/mol. The monoisotopic (exact) mass is 293 g/mol. The second-order valence-electron chi connectivity index (χ2n) is 3.92. The van der Waals surface area contributed by atoms with Crippen LogP contribution in [0.15, 0.2) is 35.7 Å². The van der Waals surface area contributed by atoms with Crippen LogP contribution in [0.5, 0.6) is 5.75 Å². The van der Waals surface area contributed by atoms with E-state index in [0.717, 1.165) is 17.0 Å². The van der Waals surface area contributed by atoms with Crippen molar-refractivity contribution >= 4 is 23.0 Å². The molecule has 1 aromatic carbocycles. The smallest absolute Gasteiger partial charge is 0.339 e. The molecule has 0 amide bonds. The Morgan fingerprint density at radius 3 is 2.80 bits per heavy atom. The number of rotatable bonds is 6. The average Bonchev–Trinajstić information content (AvgIpc) is 2.91. The molecule has 0 saturated carbocycles. The number of nitro benzene ring substituents is 1. The van der Waals surface area contributed by atoms with Crippen molar-refractivity contribution in [1.82, 2.24) is 0 Å². The molecule has 0 aliphatic rings. The van der Waals surface area contributed by atoms with Gasteiger partial charge in [0.1, 0.15) is 11.3 Å². The van der Waals surface area contributed by atoms with E-state index >= 15 is 0 Å². The van der Waals surface area contributed by atoms with Gasteiger partial charge in [-0.25, -0.2) is 4.79 Å². The van der Waals surface area contributed by atoms with Crippen molar-refractivity contribution in [3.63, 3.8) is 0 Å². The van der Waals surface area contributed by atoms with Crippen molar-refractivity contribution < 1.29 is 19.6 Å². The number of carboxylic acids is 1. The Bertz CT molecular complexity index is 624. The summed E-state index contributed by atoms with van der Waals surface area (Å²) in [7, 11) is 0. The van der Waals surface area contributed by atoms with Crippen LogP contribution in [0.25, 0.3) is 0 Å². The van der Waals surface area contributed by atoms with Gasteiger partial charge in [-0.2, -0.15) is 0 Å². The summed E-state index contributed by atoms with van der Waals surface area (Å²) in [6.45, 7) is 0.266. The topological polar surface area (TPSA) is 89.7 Å². The zero-order valence-electron chi connectivity index (χ0n) is 10.3. The molecule has 0 radical (unpaired) electrons. The van der Waals surface area contributed by atoms with Crippen molar-refractivity contribution in [1.29, 1.82) is 0 Å². The Kier molecular flexibility index (Phi) is 4.31. The number of ether oxygens (including phenoxy) is 1. The Morgan fingerprint density at radius 1 is 1.40 bits per heavy atom. The van der Waals surface area contributed by atoms with Crippen LogP contribution >= 0.6 is 11.3 Å². The molecule has 0 aliphatic carbocycles. The fraction of sp³-hybridized carbons (Fsp3) is 0.154. The molecule has 2 rings (SSSR count). The SMILES string of the molecule is O=C(O)c1ccc([N+](=O)[O-])cc1OCCc1cccs1. The van der Waals surface area contributed by atoms with Crippen LogP contribution in [0.4, 0.5) is 5.69 Å². The molecule has 6 nitrogen and oxygen atoms in total. The van der Waals surface area contributed by atoms with Gasteiger partial charge >= 0.3 is 5.97 Å². The molecule has 20 heavy (non-hydrogen) atoms. The predicted molar refractivity (Wildman–Crippen MR) is 73.6 cm³/mol. The first-order valence-corrected chi connectivity index (χ1v) is 6.63. The minimum Gasteiger partial charge on any atom is -0.492 e. The molecule has 0 unspecified atom stereocenters. The van der Waals surface area contributed by atoms with E-state index in [1.807, 2.05) is 17.5 Å². The molecule has 0 spiro atoms. The van der Waals surface area contributed by atoms with Gasteiger partial charge in [0.15, 0.2) is 0 Å². The Morgan fingerprint density at radius 2 is 2.20 bits per heavy atom. The number of thiophene rings is 1. The third kappa shape index (κ3) is 3.33. The number of hydrogen-bond acceptors (Lipinski definition) is 5. The number of non-ortho nitro benzene ring substituents is 1. The van der Waals surface area contributed by atoms with Crippen LogP contribution in [-0.2, 0) is 6.42 Å². The Balaban J connectivity index is 2.13. The zero-order valence-corrected chi connectivity index (χ0v) is 11.1. The molecule has 0 bridgehead atoms. The van der Waals surface area contributed by atoms with Gasteiger partial charge in [0.25, 0.3) is 5.69 Å². The highest BCUT2D eigenvalue weighted by Crippen LogP contribution is 2.25. The molecular weight excluding hydrogens is 282 g/mol. The van der Waals surface area contributed by atoms with Crippen molar-refractivity contribution in [2.24, 2.45) is 0 Å². The van der Waals surface area contributed by atoms with E-state index in [0.29, 0.717) is 6.42 Å². The summed E-state index contributed by atoms with van der Waals surface area (Å²) in [5.74, 6) is -1.16. The van der Waals surface area contributed by atoms with Crippen molar-refractivity contribution in [2.75, 3.05) is 6.61 Å². The molecule has 0 aliphatic heterocycles. The maximum Gasteiger partial charge on any atom is 0.339 e. The van der Waals surface area contributed by atoms with Gasteiger partial charge in [0, 0.05) is 17.4 Å². The van der Waals surface area contributed by atoms with E-state index in [1.54, 1.807) is 11.3 Å². The second-order valence-corrected chi connectivity index (χ2v) is 4.95. The normalized spacial score (nSPS) is 10.2. The minimum absolute atomic E-state index is 0.0169. The number of benzene rings is 1. The van der Waals surface area contributed by atoms with E-state index in [2.05, 4.69) is 0 Å². The maximum absolute atomic E-state index is 11.0. The van der Waals surface area contributed by atoms with Gasteiger partial charge in [0.2, 0.25) is 0 Å². The standard InChI is InChI=1S/C13H11NO5S/c15-13(16)11-4-3-9(14(17)18)8-12(11)19-6-5-10-2-1-7-20-10/h1-4,7-8H,5-6H2,(H,15,16).